The van der Waals surface area contributed by atoms with Crippen molar-refractivity contribution in [1.29, 1.82) is 0 Å². The van der Waals surface area contributed by atoms with Crippen molar-refractivity contribution < 1.29 is 0 Å². The number of hydrogen-bond donors (Lipinski definition) is 0. The molecule has 0 aliphatic heterocycles. The molecule has 0 heterocycles. The van der Waals surface area contributed by atoms with Crippen LogP contribution in [0.5, 0.6) is 0 Å². The summed E-state index contributed by atoms with van der Waals surface area (Å²) in [5.41, 5.74) is 2.17. The van der Waals surface area contributed by atoms with Gasteiger partial charge >= 0.3 is 0 Å². The van der Waals surface area contributed by atoms with E-state index in [2.05, 4.69) is 72.5 Å². The van der Waals surface area contributed by atoms with Crippen molar-refractivity contribution in [3.05, 3.63) is 96.1 Å². The Kier molecular flexibility index (Phi) is 4.18. The van der Waals surface area contributed by atoms with Gasteiger partial charge in [-0.05, 0) is 44.8 Å². The van der Waals surface area contributed by atoms with Crippen LogP contribution in [0.4, 0.5) is 0 Å². The molecule has 0 aromatic heterocycles. The van der Waals surface area contributed by atoms with Crippen LogP contribution in [0.15, 0.2) is 84.9 Å². The largest absolute Gasteiger partial charge is 0.119 e. The molecule has 0 nitrogen and oxygen atoms in total. The van der Waals surface area contributed by atoms with Crippen molar-refractivity contribution in [1.82, 2.24) is 0 Å². The molecule has 4 aromatic rings. The van der Waals surface area contributed by atoms with Crippen LogP contribution in [0.3, 0.4) is 0 Å². The van der Waals surface area contributed by atoms with Crippen molar-refractivity contribution in [2.75, 3.05) is 0 Å². The van der Waals surface area contributed by atoms with Crippen LogP contribution < -0.4 is 0 Å². The number of terminal acetylenes is 2. The van der Waals surface area contributed by atoms with E-state index in [0.29, 0.717) is 0 Å². The maximum absolute atomic E-state index is 5.93. The molecule has 0 aliphatic rings. The first-order valence-corrected chi connectivity index (χ1v) is 8.70. The van der Waals surface area contributed by atoms with Crippen LogP contribution in [0, 0.1) is 24.7 Å². The first-order chi connectivity index (χ1) is 12.8. The molecule has 0 aliphatic carbocycles. The van der Waals surface area contributed by atoms with Crippen molar-refractivity contribution >= 4 is 21.5 Å². The molecule has 0 N–H and O–H groups in total. The summed E-state index contributed by atoms with van der Waals surface area (Å²) in [6.07, 6.45) is 11.9. The van der Waals surface area contributed by atoms with Crippen molar-refractivity contribution in [2.24, 2.45) is 0 Å². The van der Waals surface area contributed by atoms with Gasteiger partial charge in [-0.1, -0.05) is 84.6 Å². The van der Waals surface area contributed by atoms with Crippen molar-refractivity contribution in [3.8, 4) is 24.7 Å². The first kappa shape index (κ1) is 16.0. The molecule has 2 atom stereocenters. The van der Waals surface area contributed by atoms with Crippen molar-refractivity contribution in [2.45, 2.75) is 11.8 Å². The molecular formula is C26H18. The van der Waals surface area contributed by atoms with E-state index in [1.807, 2.05) is 24.3 Å². The van der Waals surface area contributed by atoms with Crippen LogP contribution in [-0.4, -0.2) is 0 Å². The summed E-state index contributed by atoms with van der Waals surface area (Å²) in [5.74, 6) is 5.55. The third-order valence-electron chi connectivity index (χ3n) is 4.96. The lowest BCUT2D eigenvalue weighted by Gasteiger charge is -2.20. The molecule has 4 aromatic carbocycles. The smallest absolute Gasteiger partial charge is 0.0628 e. The Morgan fingerprint density at radius 2 is 0.885 bits per heavy atom. The second-order valence-electron chi connectivity index (χ2n) is 6.50. The monoisotopic (exact) mass is 330 g/mol. The fourth-order valence-electron chi connectivity index (χ4n) is 3.57. The zero-order valence-electron chi connectivity index (χ0n) is 14.4. The Hall–Kier alpha value is -3.48. The van der Waals surface area contributed by atoms with E-state index >= 15 is 0 Å². The summed E-state index contributed by atoms with van der Waals surface area (Å²) in [4.78, 5) is 0. The molecule has 0 radical (unpaired) electrons. The van der Waals surface area contributed by atoms with Crippen LogP contribution in [-0.2, 0) is 0 Å². The normalized spacial score (nSPS) is 13.0. The molecule has 4 rings (SSSR count). The Bertz CT molecular complexity index is 1070. The van der Waals surface area contributed by atoms with Gasteiger partial charge in [-0.15, -0.1) is 12.8 Å². The van der Waals surface area contributed by atoms with Crippen LogP contribution in [0.2, 0.25) is 0 Å². The van der Waals surface area contributed by atoms with Gasteiger partial charge in [0, 0.05) is 0 Å². The topological polar surface area (TPSA) is 0 Å². The second kappa shape index (κ2) is 6.79. The predicted molar refractivity (Wildman–Crippen MR) is 111 cm³/mol. The van der Waals surface area contributed by atoms with Crippen LogP contribution in [0.25, 0.3) is 21.5 Å². The molecule has 0 saturated heterocycles. The summed E-state index contributed by atoms with van der Waals surface area (Å²) >= 11 is 0. The van der Waals surface area contributed by atoms with Gasteiger partial charge in [-0.25, -0.2) is 0 Å². The van der Waals surface area contributed by atoms with E-state index in [-0.39, 0.29) is 11.8 Å². The lowest BCUT2D eigenvalue weighted by Crippen LogP contribution is -2.08. The lowest BCUT2D eigenvalue weighted by molar-refractivity contribution is 0.784. The Morgan fingerprint density at radius 3 is 1.27 bits per heavy atom. The van der Waals surface area contributed by atoms with Gasteiger partial charge in [-0.3, -0.25) is 0 Å². The van der Waals surface area contributed by atoms with Gasteiger partial charge in [0.1, 0.15) is 0 Å². The van der Waals surface area contributed by atoms with E-state index in [0.717, 1.165) is 11.1 Å². The molecule has 0 heteroatoms. The predicted octanol–water partition coefficient (Wildman–Crippen LogP) is 6.13. The highest BCUT2D eigenvalue weighted by Gasteiger charge is 2.22. The van der Waals surface area contributed by atoms with Crippen LogP contribution in [0.1, 0.15) is 23.0 Å². The summed E-state index contributed by atoms with van der Waals surface area (Å²) in [6, 6.07) is 29.3. The summed E-state index contributed by atoms with van der Waals surface area (Å²) in [6.45, 7) is 0. The molecule has 0 saturated carbocycles. The SMILES string of the molecule is C#C[C@H](c1ccc2ccccc2c1)[C@@H](C#C)c1ccc2ccccc2c1. The molecule has 0 spiro atoms. The Morgan fingerprint density at radius 1 is 0.500 bits per heavy atom. The zero-order valence-corrected chi connectivity index (χ0v) is 14.4. The van der Waals surface area contributed by atoms with E-state index in [4.69, 9.17) is 12.8 Å². The maximum atomic E-state index is 5.93. The molecule has 0 unspecified atom stereocenters. The van der Waals surface area contributed by atoms with Crippen molar-refractivity contribution in [3.63, 3.8) is 0 Å². The minimum atomic E-state index is -0.161. The van der Waals surface area contributed by atoms with E-state index in [9.17, 15) is 0 Å². The van der Waals surface area contributed by atoms with Gasteiger partial charge in [0.05, 0.1) is 11.8 Å². The van der Waals surface area contributed by atoms with E-state index < -0.39 is 0 Å². The third kappa shape index (κ3) is 2.83. The third-order valence-corrected chi connectivity index (χ3v) is 4.96. The van der Waals surface area contributed by atoms with Crippen LogP contribution >= 0.6 is 0 Å². The average molecular weight is 330 g/mol. The highest BCUT2D eigenvalue weighted by Crippen LogP contribution is 2.34. The highest BCUT2D eigenvalue weighted by atomic mass is 14.2. The second-order valence-corrected chi connectivity index (χ2v) is 6.50. The van der Waals surface area contributed by atoms with Gasteiger partial charge in [0.25, 0.3) is 0 Å². The standard InChI is InChI=1S/C26H18/c1-3-25(23-15-13-19-9-5-7-11-21(19)17-23)26(4-2)24-16-14-20-10-6-8-12-22(20)18-24/h1-2,5-18,25-26H/t25-,26+. The molecule has 0 amide bonds. The molecule has 0 bridgehead atoms. The van der Waals surface area contributed by atoms with Gasteiger partial charge in [0.15, 0.2) is 0 Å². The van der Waals surface area contributed by atoms with E-state index in [1.54, 1.807) is 0 Å². The molecular weight excluding hydrogens is 312 g/mol. The highest BCUT2D eigenvalue weighted by molar-refractivity contribution is 5.84. The number of hydrogen-bond acceptors (Lipinski definition) is 0. The number of rotatable bonds is 3. The van der Waals surface area contributed by atoms with E-state index in [1.165, 1.54) is 21.5 Å². The quantitative estimate of drug-likeness (QED) is 0.397. The van der Waals surface area contributed by atoms with Gasteiger partial charge in [0.2, 0.25) is 0 Å². The van der Waals surface area contributed by atoms with Gasteiger partial charge < -0.3 is 0 Å². The lowest BCUT2D eigenvalue weighted by atomic mass is 9.81. The maximum Gasteiger partial charge on any atom is 0.0628 e. The fraction of sp³-hybridized carbons (Fsp3) is 0.0769. The average Bonchev–Trinajstić information content (AvgIpc) is 2.71. The zero-order chi connectivity index (χ0) is 17.9. The molecule has 0 fully saturated rings. The minimum absolute atomic E-state index is 0.161. The summed E-state index contributed by atoms with van der Waals surface area (Å²) in [7, 11) is 0. The first-order valence-electron chi connectivity index (χ1n) is 8.70. The molecule has 122 valence electrons. The number of benzene rings is 4. The minimum Gasteiger partial charge on any atom is -0.119 e. The number of fused-ring (bicyclic) bond motifs is 2. The van der Waals surface area contributed by atoms with Gasteiger partial charge in [-0.2, -0.15) is 0 Å². The fourth-order valence-corrected chi connectivity index (χ4v) is 3.57. The summed E-state index contributed by atoms with van der Waals surface area (Å²) < 4.78 is 0. The Labute approximate surface area is 154 Å². The Balaban J connectivity index is 1.79. The molecule has 26 heavy (non-hydrogen) atoms. The summed E-state index contributed by atoms with van der Waals surface area (Å²) in [5, 5.41) is 4.77.